The van der Waals surface area contributed by atoms with Gasteiger partial charge in [-0.25, -0.2) is 4.79 Å². The van der Waals surface area contributed by atoms with Gasteiger partial charge in [0.05, 0.1) is 24.9 Å². The van der Waals surface area contributed by atoms with Crippen LogP contribution in [0, 0.1) is 71.0 Å². The Morgan fingerprint density at radius 3 is 2.48 bits per heavy atom. The number of benzene rings is 1. The summed E-state index contributed by atoms with van der Waals surface area (Å²) >= 11 is 0. The second-order valence-electron chi connectivity index (χ2n) is 15.7. The Hall–Kier alpha value is -4.08. The molecule has 0 aromatic heterocycles. The first kappa shape index (κ1) is 44.6. The van der Waals surface area contributed by atoms with Gasteiger partial charge in [-0.1, -0.05) is 74.6 Å². The van der Waals surface area contributed by atoms with Crippen LogP contribution in [0.25, 0.3) is 0 Å². The van der Waals surface area contributed by atoms with Gasteiger partial charge in [0.15, 0.2) is 0 Å². The van der Waals surface area contributed by atoms with Crippen molar-refractivity contribution in [2.24, 2.45) is 35.5 Å². The number of aryl methyl sites for hydroxylation is 1. The Morgan fingerprint density at radius 1 is 1.00 bits per heavy atom. The molecular formula is C46H60O10. The van der Waals surface area contributed by atoms with Gasteiger partial charge < -0.3 is 40.1 Å². The van der Waals surface area contributed by atoms with E-state index in [0.29, 0.717) is 50.5 Å². The van der Waals surface area contributed by atoms with Crippen molar-refractivity contribution in [3.05, 3.63) is 53.1 Å². The molecule has 12 atom stereocenters. The van der Waals surface area contributed by atoms with Crippen molar-refractivity contribution in [3.8, 4) is 41.3 Å². The van der Waals surface area contributed by atoms with Gasteiger partial charge in [0.1, 0.15) is 24.6 Å². The lowest BCUT2D eigenvalue weighted by Crippen LogP contribution is -2.19. The monoisotopic (exact) mass is 772 g/mol. The minimum Gasteiger partial charge on any atom is -0.489 e. The molecule has 0 radical (unpaired) electrons. The van der Waals surface area contributed by atoms with Crippen LogP contribution in [0.3, 0.4) is 0 Å². The zero-order valence-electron chi connectivity index (χ0n) is 33.2. The van der Waals surface area contributed by atoms with Crippen LogP contribution in [0.5, 0.6) is 5.75 Å². The van der Waals surface area contributed by atoms with Crippen molar-refractivity contribution in [3.63, 3.8) is 0 Å². The van der Waals surface area contributed by atoms with Crippen LogP contribution in [0.2, 0.25) is 0 Å². The van der Waals surface area contributed by atoms with Crippen LogP contribution >= 0.6 is 0 Å². The maximum atomic E-state index is 10.8. The predicted octanol–water partition coefficient (Wildman–Crippen LogP) is 5.51. The van der Waals surface area contributed by atoms with E-state index in [1.807, 2.05) is 51.1 Å². The summed E-state index contributed by atoms with van der Waals surface area (Å²) in [4.78, 5) is 21.3. The molecule has 10 heteroatoms. The van der Waals surface area contributed by atoms with E-state index in [-0.39, 0.29) is 48.7 Å². The van der Waals surface area contributed by atoms with Gasteiger partial charge in [-0.2, -0.15) is 0 Å². The average Bonchev–Trinajstić information content (AvgIpc) is 3.89. The molecule has 1 heterocycles. The molecule has 5 rings (SSSR count). The van der Waals surface area contributed by atoms with Crippen molar-refractivity contribution in [1.82, 2.24) is 0 Å². The van der Waals surface area contributed by atoms with Crippen molar-refractivity contribution in [2.45, 2.75) is 128 Å². The van der Waals surface area contributed by atoms with Gasteiger partial charge in [-0.3, -0.25) is 4.79 Å². The molecule has 1 unspecified atom stereocenters. The molecule has 56 heavy (non-hydrogen) atoms. The van der Waals surface area contributed by atoms with Gasteiger partial charge in [0.25, 0.3) is 0 Å². The van der Waals surface area contributed by atoms with Crippen molar-refractivity contribution in [2.75, 3.05) is 13.2 Å². The molecule has 1 aromatic carbocycles. The molecule has 3 fully saturated rings. The summed E-state index contributed by atoms with van der Waals surface area (Å²) in [6, 6.07) is 6.01. The second kappa shape index (κ2) is 22.0. The fraction of sp³-hybridized carbons (Fsp3) is 0.609. The lowest BCUT2D eigenvalue weighted by molar-refractivity contribution is -0.141. The molecule has 3 aliphatic carbocycles. The number of carbonyl (C=O) groups is 2. The molecular weight excluding hydrogens is 712 g/mol. The standard InChI is InChI=1S/C24H30O5.C22H30O5/c1-3-4-7-15(2)19(25)13-12-17-20(26)14-21-23(17)18-10-5-8-16(24(18)29-21)9-6-11-22(27)28;1-3-4-5-6-15(2)20(23)8-7-18-19-12-16(9-10-27-14-22(25)26)11-17(19)13-21(18)24/h5,8,10,12-13,15,17,19-21,23,25-26H,6-7,9,11,14H2,1-2H3,(H,27,28);9,15,17-21,23-24H,3,6,10-14H2,1-2H3,(H,25,26)/b13-12+;16-9+/t15?,17-,19+,20+,21-,23-;15-,17-,18+,19-,20+,21+/m00/s1. The summed E-state index contributed by atoms with van der Waals surface area (Å²) in [5.74, 6) is 17.6. The number of fused-ring (bicyclic) bond motifs is 4. The van der Waals surface area contributed by atoms with Crippen molar-refractivity contribution >= 4 is 11.9 Å². The van der Waals surface area contributed by atoms with E-state index in [0.717, 1.165) is 42.6 Å². The number of carboxylic acid groups (broad SMARTS) is 2. The summed E-state index contributed by atoms with van der Waals surface area (Å²) in [5.41, 5.74) is 3.36. The fourth-order valence-electron chi connectivity index (χ4n) is 8.36. The lowest BCUT2D eigenvalue weighted by atomic mass is 9.86. The maximum Gasteiger partial charge on any atom is 0.329 e. The Bertz CT molecular complexity index is 1730. The molecule has 1 aliphatic heterocycles. The first-order chi connectivity index (χ1) is 26.8. The van der Waals surface area contributed by atoms with Gasteiger partial charge in [-0.05, 0) is 62.3 Å². The molecule has 0 amide bonds. The van der Waals surface area contributed by atoms with Crippen LogP contribution in [0.1, 0.15) is 103 Å². The highest BCUT2D eigenvalue weighted by molar-refractivity contribution is 5.68. The van der Waals surface area contributed by atoms with Crippen molar-refractivity contribution in [1.29, 1.82) is 0 Å². The van der Waals surface area contributed by atoms with E-state index < -0.39 is 36.4 Å². The molecule has 1 aromatic rings. The quantitative estimate of drug-likeness (QED) is 0.0805. The van der Waals surface area contributed by atoms with Crippen LogP contribution in [0.4, 0.5) is 0 Å². The van der Waals surface area contributed by atoms with Crippen LogP contribution in [-0.4, -0.2) is 86.3 Å². The highest BCUT2D eigenvalue weighted by Gasteiger charge is 2.49. The number of aliphatic carboxylic acids is 2. The second-order valence-corrected chi connectivity index (χ2v) is 15.7. The largest absolute Gasteiger partial charge is 0.489 e. The van der Waals surface area contributed by atoms with Gasteiger partial charge in [0, 0.05) is 61.3 Å². The van der Waals surface area contributed by atoms with E-state index in [1.165, 1.54) is 5.57 Å². The smallest absolute Gasteiger partial charge is 0.329 e. The number of hydrogen-bond donors (Lipinski definition) is 6. The maximum absolute atomic E-state index is 10.8. The van der Waals surface area contributed by atoms with E-state index in [9.17, 15) is 30.0 Å². The van der Waals surface area contributed by atoms with Gasteiger partial charge in [0.2, 0.25) is 0 Å². The number of hydrogen-bond acceptors (Lipinski definition) is 8. The SMILES string of the molecule is CC#CCC(C)[C@H](O)/C=C/[C@@H]1[C@H]2c3cccc(CCCC(=O)O)c3O[C@H]2C[C@H]1O.CCC#CC[C@H](C)[C@H](O)C#C[C@@H]1[C@H]2C/C(=C/COCC(=O)O)C[C@H]2C[C@H]1O. The number of allylic oxidation sites excluding steroid dienone is 1. The van der Waals surface area contributed by atoms with Crippen LogP contribution in [-0.2, 0) is 20.7 Å². The zero-order chi connectivity index (χ0) is 40.8. The van der Waals surface area contributed by atoms with E-state index in [4.69, 9.17) is 19.7 Å². The Labute approximate surface area is 332 Å². The third-order valence-electron chi connectivity index (χ3n) is 11.5. The Morgan fingerprint density at radius 2 is 1.77 bits per heavy atom. The molecule has 0 bridgehead atoms. The molecule has 4 aliphatic rings. The van der Waals surface area contributed by atoms with Gasteiger partial charge >= 0.3 is 11.9 Å². The minimum atomic E-state index is -0.969. The first-order valence-electron chi connectivity index (χ1n) is 20.1. The summed E-state index contributed by atoms with van der Waals surface area (Å²) in [5, 5.41) is 59.1. The summed E-state index contributed by atoms with van der Waals surface area (Å²) < 4.78 is 11.3. The minimum absolute atomic E-state index is 0.0173. The number of para-hydroxylation sites is 1. The third kappa shape index (κ3) is 12.5. The normalized spacial score (nSPS) is 28.4. The number of carboxylic acids is 2. The Kier molecular flexibility index (Phi) is 17.5. The lowest BCUT2D eigenvalue weighted by Gasteiger charge is -2.19. The third-order valence-corrected chi connectivity index (χ3v) is 11.5. The molecule has 304 valence electrons. The predicted molar refractivity (Wildman–Crippen MR) is 213 cm³/mol. The van der Waals surface area contributed by atoms with E-state index in [2.05, 4.69) is 35.5 Å². The van der Waals surface area contributed by atoms with Gasteiger partial charge in [-0.15, -0.1) is 23.7 Å². The number of rotatable bonds is 14. The molecule has 10 nitrogen and oxygen atoms in total. The zero-order valence-corrected chi connectivity index (χ0v) is 33.2. The van der Waals surface area contributed by atoms with E-state index in [1.54, 1.807) is 13.0 Å². The Balaban J connectivity index is 0.000000249. The van der Waals surface area contributed by atoms with Crippen LogP contribution < -0.4 is 4.74 Å². The number of aliphatic hydroxyl groups excluding tert-OH is 4. The molecule has 0 spiro atoms. The fourth-order valence-corrected chi connectivity index (χ4v) is 8.36. The average molecular weight is 773 g/mol. The summed E-state index contributed by atoms with van der Waals surface area (Å²) in [6.07, 6.45) is 9.76. The number of aliphatic hydroxyl groups is 4. The van der Waals surface area contributed by atoms with E-state index >= 15 is 0 Å². The summed E-state index contributed by atoms with van der Waals surface area (Å²) in [7, 11) is 0. The van der Waals surface area contributed by atoms with Crippen LogP contribution in [0.15, 0.2) is 42.0 Å². The van der Waals surface area contributed by atoms with Crippen molar-refractivity contribution < 1.29 is 49.7 Å². The molecule has 6 N–H and O–H groups in total. The highest BCUT2D eigenvalue weighted by Crippen LogP contribution is 2.52. The number of ether oxygens (including phenoxy) is 2. The molecule has 0 saturated heterocycles. The topological polar surface area (TPSA) is 174 Å². The highest BCUT2D eigenvalue weighted by atomic mass is 16.5. The first-order valence-corrected chi connectivity index (χ1v) is 20.1. The summed E-state index contributed by atoms with van der Waals surface area (Å²) in [6.45, 7) is 7.69. The molecule has 3 saturated carbocycles.